The van der Waals surface area contributed by atoms with Gasteiger partial charge < -0.3 is 5.11 Å². The van der Waals surface area contributed by atoms with Gasteiger partial charge in [-0.1, -0.05) is 55.9 Å². The Kier molecular flexibility index (Phi) is 10.8. The first-order valence-corrected chi connectivity index (χ1v) is 8.39. The third kappa shape index (κ3) is 12.5. The maximum atomic E-state index is 9.85. The monoisotopic (exact) mass is 280 g/mol. The number of allylic oxidation sites excluding steroid dienone is 4. The van der Waals surface area contributed by atoms with Crippen molar-refractivity contribution in [2.45, 2.75) is 98.0 Å². The van der Waals surface area contributed by atoms with Gasteiger partial charge in [0.1, 0.15) is 0 Å². The van der Waals surface area contributed by atoms with E-state index in [-0.39, 0.29) is 0 Å². The molecular formula is C19H36O. The van der Waals surface area contributed by atoms with E-state index in [1.807, 2.05) is 13.8 Å². The lowest BCUT2D eigenvalue weighted by Gasteiger charge is -2.20. The second kappa shape index (κ2) is 11.1. The van der Waals surface area contributed by atoms with Crippen molar-refractivity contribution in [3.05, 3.63) is 23.3 Å². The molecule has 1 aliphatic carbocycles. The first-order chi connectivity index (χ1) is 9.37. The second-order valence-corrected chi connectivity index (χ2v) is 6.67. The van der Waals surface area contributed by atoms with Gasteiger partial charge in [-0.05, 0) is 59.8 Å². The predicted octanol–water partition coefficient (Wildman–Crippen LogP) is 6.18. The van der Waals surface area contributed by atoms with Crippen molar-refractivity contribution >= 4 is 0 Å². The fourth-order valence-electron chi connectivity index (χ4n) is 1.75. The quantitative estimate of drug-likeness (QED) is 0.552. The van der Waals surface area contributed by atoms with Crippen molar-refractivity contribution in [1.29, 1.82) is 0 Å². The summed E-state index contributed by atoms with van der Waals surface area (Å²) in [5.74, 6) is 0. The molecule has 20 heavy (non-hydrogen) atoms. The van der Waals surface area contributed by atoms with Crippen molar-refractivity contribution in [2.24, 2.45) is 0 Å². The van der Waals surface area contributed by atoms with E-state index in [1.165, 1.54) is 36.8 Å². The van der Waals surface area contributed by atoms with Crippen LogP contribution in [0, 0.1) is 0 Å². The van der Waals surface area contributed by atoms with E-state index in [0.29, 0.717) is 0 Å². The van der Waals surface area contributed by atoms with Gasteiger partial charge in [-0.25, -0.2) is 0 Å². The number of aliphatic hydroxyl groups is 1. The smallest absolute Gasteiger partial charge is 0.0620 e. The first kappa shape index (κ1) is 19.4. The molecule has 0 amide bonds. The molecule has 0 bridgehead atoms. The van der Waals surface area contributed by atoms with Crippen LogP contribution in [0.15, 0.2) is 23.3 Å². The van der Waals surface area contributed by atoms with Gasteiger partial charge in [0, 0.05) is 0 Å². The Balaban J connectivity index is 0.000000760. The summed E-state index contributed by atoms with van der Waals surface area (Å²) >= 11 is 0. The summed E-state index contributed by atoms with van der Waals surface area (Å²) in [6, 6.07) is 0. The molecule has 0 radical (unpaired) electrons. The lowest BCUT2D eigenvalue weighted by atomic mass is 9.96. The molecule has 0 aromatic heterocycles. The van der Waals surface area contributed by atoms with Gasteiger partial charge in [0.05, 0.1) is 5.60 Å². The Hall–Kier alpha value is -0.560. The Morgan fingerprint density at radius 3 is 1.95 bits per heavy atom. The minimum absolute atomic E-state index is 0.489. The maximum Gasteiger partial charge on any atom is 0.0620 e. The summed E-state index contributed by atoms with van der Waals surface area (Å²) in [7, 11) is 0. The van der Waals surface area contributed by atoms with Gasteiger partial charge in [-0.2, -0.15) is 0 Å². The van der Waals surface area contributed by atoms with Gasteiger partial charge in [-0.3, -0.25) is 0 Å². The van der Waals surface area contributed by atoms with Gasteiger partial charge in [0.25, 0.3) is 0 Å². The van der Waals surface area contributed by atoms with Crippen LogP contribution >= 0.6 is 0 Å². The molecule has 0 aromatic rings. The van der Waals surface area contributed by atoms with E-state index in [1.54, 1.807) is 0 Å². The Bertz CT molecular complexity index is 285. The largest absolute Gasteiger partial charge is 0.390 e. The molecule has 1 atom stereocenters. The zero-order valence-electron chi connectivity index (χ0n) is 14.5. The summed E-state index contributed by atoms with van der Waals surface area (Å²) in [5, 5.41) is 9.85. The van der Waals surface area contributed by atoms with Crippen molar-refractivity contribution in [1.82, 2.24) is 0 Å². The second-order valence-electron chi connectivity index (χ2n) is 6.67. The molecule has 118 valence electrons. The topological polar surface area (TPSA) is 20.2 Å². The highest BCUT2D eigenvalue weighted by atomic mass is 16.3. The van der Waals surface area contributed by atoms with Crippen molar-refractivity contribution in [3.8, 4) is 0 Å². The molecular weight excluding hydrogens is 244 g/mol. The average molecular weight is 280 g/mol. The van der Waals surface area contributed by atoms with Crippen LogP contribution in [0.4, 0.5) is 0 Å². The normalized spacial score (nSPS) is 17.4. The molecule has 0 heterocycles. The maximum absolute atomic E-state index is 9.85. The van der Waals surface area contributed by atoms with Gasteiger partial charge in [-0.15, -0.1) is 0 Å². The van der Waals surface area contributed by atoms with E-state index in [4.69, 9.17) is 0 Å². The van der Waals surface area contributed by atoms with E-state index in [0.717, 1.165) is 32.1 Å². The highest BCUT2D eigenvalue weighted by molar-refractivity contribution is 5.02. The average Bonchev–Trinajstić information content (AvgIpc) is 2.26. The van der Waals surface area contributed by atoms with Crippen LogP contribution in [-0.4, -0.2) is 10.7 Å². The van der Waals surface area contributed by atoms with Gasteiger partial charge >= 0.3 is 0 Å². The van der Waals surface area contributed by atoms with E-state index in [2.05, 4.69) is 32.9 Å². The zero-order valence-corrected chi connectivity index (χ0v) is 14.5. The number of rotatable bonds is 7. The van der Waals surface area contributed by atoms with Crippen LogP contribution in [0.1, 0.15) is 92.4 Å². The molecule has 1 fully saturated rings. The third-order valence-electron chi connectivity index (χ3n) is 4.03. The lowest BCUT2D eigenvalue weighted by Crippen LogP contribution is -2.21. The van der Waals surface area contributed by atoms with Crippen LogP contribution in [0.2, 0.25) is 0 Å². The standard InChI is InChI=1S/C15H28O.C4H8/c1-6-15(5,16)12-8-11-14(4)10-7-9-13(2)3;1-2-4-3-1/h9,11,16H,6-8,10,12H2,1-5H3;1-4H2/b14-11+;. The highest BCUT2D eigenvalue weighted by Gasteiger charge is 2.15. The molecule has 0 saturated heterocycles. The molecule has 1 N–H and O–H groups in total. The summed E-state index contributed by atoms with van der Waals surface area (Å²) < 4.78 is 0. The zero-order chi connectivity index (χ0) is 15.4. The number of hydrogen-bond donors (Lipinski definition) is 1. The van der Waals surface area contributed by atoms with Crippen LogP contribution in [0.25, 0.3) is 0 Å². The molecule has 1 aliphatic rings. The fourth-order valence-corrected chi connectivity index (χ4v) is 1.75. The van der Waals surface area contributed by atoms with Gasteiger partial charge in [0.15, 0.2) is 0 Å². The molecule has 1 saturated carbocycles. The Morgan fingerprint density at radius 2 is 1.55 bits per heavy atom. The van der Waals surface area contributed by atoms with Crippen LogP contribution < -0.4 is 0 Å². The van der Waals surface area contributed by atoms with E-state index >= 15 is 0 Å². The number of hydrogen-bond acceptors (Lipinski definition) is 1. The minimum Gasteiger partial charge on any atom is -0.390 e. The summed E-state index contributed by atoms with van der Waals surface area (Å²) in [4.78, 5) is 0. The molecule has 1 nitrogen and oxygen atoms in total. The van der Waals surface area contributed by atoms with Crippen molar-refractivity contribution < 1.29 is 5.11 Å². The van der Waals surface area contributed by atoms with Crippen LogP contribution in [0.5, 0.6) is 0 Å². The SMILES string of the molecule is C1CCC1.CCC(C)(O)CC/C=C(\C)CCC=C(C)C. The molecule has 1 heteroatoms. The summed E-state index contributed by atoms with van der Waals surface area (Å²) in [5.41, 5.74) is 2.34. The molecule has 1 rings (SSSR count). The third-order valence-corrected chi connectivity index (χ3v) is 4.03. The Labute approximate surface area is 127 Å². The van der Waals surface area contributed by atoms with Crippen LogP contribution in [-0.2, 0) is 0 Å². The summed E-state index contributed by atoms with van der Waals surface area (Å²) in [6.45, 7) is 10.4. The fraction of sp³-hybridized carbons (Fsp3) is 0.789. The predicted molar refractivity (Wildman–Crippen MR) is 91.0 cm³/mol. The highest BCUT2D eigenvalue weighted by Crippen LogP contribution is 2.17. The van der Waals surface area contributed by atoms with E-state index in [9.17, 15) is 5.11 Å². The van der Waals surface area contributed by atoms with Crippen LogP contribution in [0.3, 0.4) is 0 Å². The molecule has 1 unspecified atom stereocenters. The van der Waals surface area contributed by atoms with Crippen molar-refractivity contribution in [2.75, 3.05) is 0 Å². The first-order valence-electron chi connectivity index (χ1n) is 8.39. The van der Waals surface area contributed by atoms with Crippen molar-refractivity contribution in [3.63, 3.8) is 0 Å². The minimum atomic E-state index is -0.489. The Morgan fingerprint density at radius 1 is 1.00 bits per heavy atom. The summed E-state index contributed by atoms with van der Waals surface area (Å²) in [6.07, 6.45) is 15.5. The molecule has 0 aliphatic heterocycles. The molecule has 0 spiro atoms. The lowest BCUT2D eigenvalue weighted by molar-refractivity contribution is 0.0480. The molecule has 0 aromatic carbocycles. The van der Waals surface area contributed by atoms with Gasteiger partial charge in [0.2, 0.25) is 0 Å². The van der Waals surface area contributed by atoms with E-state index < -0.39 is 5.60 Å².